The number of nitrogens with one attached hydrogen (secondary N) is 1. The first-order chi connectivity index (χ1) is 10.3. The molecule has 0 saturated carbocycles. The number of nitrogens with zero attached hydrogens (tertiary/aromatic N) is 3. The van der Waals surface area contributed by atoms with Gasteiger partial charge in [0.05, 0.1) is 19.6 Å². The van der Waals surface area contributed by atoms with E-state index in [1.165, 1.54) is 0 Å². The molecule has 114 valence electrons. The Morgan fingerprint density at radius 1 is 0.619 bits per heavy atom. The maximum atomic E-state index is 5.47. The van der Waals surface area contributed by atoms with Gasteiger partial charge in [0.25, 0.3) is 0 Å². The van der Waals surface area contributed by atoms with Gasteiger partial charge in [0.2, 0.25) is 0 Å². The van der Waals surface area contributed by atoms with Crippen LogP contribution in [-0.4, -0.2) is 86.7 Å². The molecule has 0 aromatic rings. The molecule has 0 spiro atoms. The Morgan fingerprint density at radius 3 is 1.29 bits per heavy atom. The highest BCUT2D eigenvalue weighted by Crippen LogP contribution is 1.96. The standard InChI is InChI=1S/C17H26N4/c1-4-9-19-12-7-18-8-13-20(10-5-2)15-17-21(11-6-3)16-14-19/h1-3,18H,7-17H2. The zero-order valence-corrected chi connectivity index (χ0v) is 12.9. The van der Waals surface area contributed by atoms with Gasteiger partial charge in [-0.05, 0) is 0 Å². The SMILES string of the molecule is C#CCN1CCNCCN(CC#C)CCN(CC#C)CC1. The van der Waals surface area contributed by atoms with Crippen molar-refractivity contribution in [3.63, 3.8) is 0 Å². The fourth-order valence-corrected chi connectivity index (χ4v) is 2.36. The zero-order valence-electron chi connectivity index (χ0n) is 12.9. The summed E-state index contributed by atoms with van der Waals surface area (Å²) in [7, 11) is 0. The molecule has 1 rings (SSSR count). The average molecular weight is 286 g/mol. The second kappa shape index (κ2) is 11.2. The predicted molar refractivity (Wildman–Crippen MR) is 88.7 cm³/mol. The van der Waals surface area contributed by atoms with Gasteiger partial charge >= 0.3 is 0 Å². The van der Waals surface area contributed by atoms with Crippen molar-refractivity contribution in [3.8, 4) is 37.0 Å². The van der Waals surface area contributed by atoms with Crippen molar-refractivity contribution >= 4 is 0 Å². The normalized spacial score (nSPS) is 20.4. The third-order valence-corrected chi connectivity index (χ3v) is 3.62. The van der Waals surface area contributed by atoms with Crippen molar-refractivity contribution in [1.29, 1.82) is 0 Å². The maximum Gasteiger partial charge on any atom is 0.0599 e. The molecule has 0 atom stereocenters. The highest BCUT2D eigenvalue weighted by atomic mass is 15.2. The molecular weight excluding hydrogens is 260 g/mol. The van der Waals surface area contributed by atoms with E-state index in [0.717, 1.165) is 52.4 Å². The number of hydrogen-bond acceptors (Lipinski definition) is 4. The molecule has 0 unspecified atom stereocenters. The molecule has 4 heteroatoms. The first-order valence-corrected chi connectivity index (χ1v) is 7.48. The summed E-state index contributed by atoms with van der Waals surface area (Å²) >= 11 is 0. The van der Waals surface area contributed by atoms with E-state index >= 15 is 0 Å². The minimum Gasteiger partial charge on any atom is -0.314 e. The summed E-state index contributed by atoms with van der Waals surface area (Å²) in [5, 5.41) is 3.45. The Balaban J connectivity index is 2.58. The number of hydrogen-bond donors (Lipinski definition) is 1. The second-order valence-electron chi connectivity index (χ2n) is 5.19. The fraction of sp³-hybridized carbons (Fsp3) is 0.647. The van der Waals surface area contributed by atoms with Gasteiger partial charge in [0, 0.05) is 52.4 Å². The van der Waals surface area contributed by atoms with Crippen LogP contribution >= 0.6 is 0 Å². The Labute approximate surface area is 129 Å². The lowest BCUT2D eigenvalue weighted by atomic mass is 10.3. The van der Waals surface area contributed by atoms with Crippen LogP contribution in [0.2, 0.25) is 0 Å². The van der Waals surface area contributed by atoms with Gasteiger partial charge in [-0.1, -0.05) is 17.8 Å². The topological polar surface area (TPSA) is 21.8 Å². The van der Waals surface area contributed by atoms with E-state index in [-0.39, 0.29) is 0 Å². The smallest absolute Gasteiger partial charge is 0.0599 e. The number of rotatable bonds is 3. The van der Waals surface area contributed by atoms with Crippen LogP contribution in [0.3, 0.4) is 0 Å². The van der Waals surface area contributed by atoms with Crippen LogP contribution < -0.4 is 5.32 Å². The fourth-order valence-electron chi connectivity index (χ4n) is 2.36. The summed E-state index contributed by atoms with van der Waals surface area (Å²) in [6.07, 6.45) is 16.3. The molecule has 0 aromatic heterocycles. The maximum absolute atomic E-state index is 5.47. The number of terminal acetylenes is 3. The third kappa shape index (κ3) is 7.76. The van der Waals surface area contributed by atoms with Crippen molar-refractivity contribution < 1.29 is 0 Å². The second-order valence-corrected chi connectivity index (χ2v) is 5.19. The van der Waals surface area contributed by atoms with Crippen molar-refractivity contribution in [2.45, 2.75) is 0 Å². The van der Waals surface area contributed by atoms with E-state index in [2.05, 4.69) is 37.8 Å². The van der Waals surface area contributed by atoms with Crippen LogP contribution in [0.5, 0.6) is 0 Å². The lowest BCUT2D eigenvalue weighted by molar-refractivity contribution is 0.194. The lowest BCUT2D eigenvalue weighted by Gasteiger charge is -2.29. The summed E-state index contributed by atoms with van der Waals surface area (Å²) in [6.45, 7) is 9.64. The highest BCUT2D eigenvalue weighted by Gasteiger charge is 2.11. The Kier molecular flexibility index (Phi) is 9.38. The largest absolute Gasteiger partial charge is 0.314 e. The van der Waals surface area contributed by atoms with Crippen LogP contribution in [0.1, 0.15) is 0 Å². The Hall–Kier alpha value is -1.48. The van der Waals surface area contributed by atoms with Crippen LogP contribution in [-0.2, 0) is 0 Å². The van der Waals surface area contributed by atoms with Crippen molar-refractivity contribution in [2.75, 3.05) is 72.0 Å². The molecule has 1 N–H and O–H groups in total. The van der Waals surface area contributed by atoms with E-state index in [9.17, 15) is 0 Å². The van der Waals surface area contributed by atoms with E-state index in [4.69, 9.17) is 19.3 Å². The molecule has 1 aliphatic heterocycles. The van der Waals surface area contributed by atoms with E-state index < -0.39 is 0 Å². The van der Waals surface area contributed by atoms with Crippen molar-refractivity contribution in [2.24, 2.45) is 0 Å². The van der Waals surface area contributed by atoms with Crippen LogP contribution in [0.25, 0.3) is 0 Å². The molecule has 0 aromatic carbocycles. The minimum atomic E-state index is 0.673. The van der Waals surface area contributed by atoms with Crippen LogP contribution in [0.15, 0.2) is 0 Å². The van der Waals surface area contributed by atoms with E-state index in [1.807, 2.05) is 0 Å². The average Bonchev–Trinajstić information content (AvgIpc) is 2.47. The summed E-state index contributed by atoms with van der Waals surface area (Å²) in [4.78, 5) is 6.87. The van der Waals surface area contributed by atoms with E-state index in [1.54, 1.807) is 0 Å². The molecule has 0 bridgehead atoms. The molecule has 4 nitrogen and oxygen atoms in total. The quantitative estimate of drug-likeness (QED) is 0.699. The molecule has 0 aliphatic carbocycles. The molecule has 1 heterocycles. The van der Waals surface area contributed by atoms with Gasteiger partial charge in [0.1, 0.15) is 0 Å². The molecule has 1 aliphatic rings. The summed E-state index contributed by atoms with van der Waals surface area (Å²) < 4.78 is 0. The van der Waals surface area contributed by atoms with Gasteiger partial charge in [-0.15, -0.1) is 19.3 Å². The van der Waals surface area contributed by atoms with Gasteiger partial charge < -0.3 is 5.32 Å². The van der Waals surface area contributed by atoms with Crippen molar-refractivity contribution in [3.05, 3.63) is 0 Å². The van der Waals surface area contributed by atoms with Gasteiger partial charge in [-0.25, -0.2) is 0 Å². The summed E-state index contributed by atoms with van der Waals surface area (Å²) in [5.74, 6) is 8.20. The minimum absolute atomic E-state index is 0.673. The monoisotopic (exact) mass is 286 g/mol. The van der Waals surface area contributed by atoms with Gasteiger partial charge in [-0.3, -0.25) is 14.7 Å². The highest BCUT2D eigenvalue weighted by molar-refractivity contribution is 4.92. The Bertz CT molecular complexity index is 368. The first kappa shape index (κ1) is 17.6. The predicted octanol–water partition coefficient (Wildman–Crippen LogP) is -0.605. The molecule has 21 heavy (non-hydrogen) atoms. The van der Waals surface area contributed by atoms with Crippen LogP contribution in [0, 0.1) is 37.0 Å². The van der Waals surface area contributed by atoms with Gasteiger partial charge in [-0.2, -0.15) is 0 Å². The molecule has 0 amide bonds. The lowest BCUT2D eigenvalue weighted by Crippen LogP contribution is -2.45. The summed E-state index contributed by atoms with van der Waals surface area (Å²) in [5.41, 5.74) is 0. The zero-order chi connectivity index (χ0) is 15.3. The molecule has 0 radical (unpaired) electrons. The first-order valence-electron chi connectivity index (χ1n) is 7.48. The Morgan fingerprint density at radius 2 is 0.952 bits per heavy atom. The van der Waals surface area contributed by atoms with Crippen LogP contribution in [0.4, 0.5) is 0 Å². The van der Waals surface area contributed by atoms with Crippen molar-refractivity contribution in [1.82, 2.24) is 20.0 Å². The summed E-state index contributed by atoms with van der Waals surface area (Å²) in [6, 6.07) is 0. The van der Waals surface area contributed by atoms with E-state index in [0.29, 0.717) is 19.6 Å². The third-order valence-electron chi connectivity index (χ3n) is 3.62. The van der Waals surface area contributed by atoms with Gasteiger partial charge in [0.15, 0.2) is 0 Å². The molecular formula is C17H26N4. The molecule has 1 saturated heterocycles. The molecule has 1 fully saturated rings.